The highest BCUT2D eigenvalue weighted by Gasteiger charge is 2.22. The van der Waals surface area contributed by atoms with Crippen LogP contribution in [0.3, 0.4) is 0 Å². The minimum absolute atomic E-state index is 0.318. The van der Waals surface area contributed by atoms with Gasteiger partial charge in [0.2, 0.25) is 0 Å². The molecule has 1 N–H and O–H groups in total. The molecule has 0 saturated heterocycles. The minimum atomic E-state index is -0.952. The molecule has 2 atom stereocenters. The molecule has 0 aromatic heterocycles. The van der Waals surface area contributed by atoms with Gasteiger partial charge in [0.15, 0.2) is 6.10 Å². The van der Waals surface area contributed by atoms with Crippen molar-refractivity contribution in [2.75, 3.05) is 6.61 Å². The first-order chi connectivity index (χ1) is 13.0. The van der Waals surface area contributed by atoms with E-state index in [1.165, 1.54) is 32.1 Å². The number of esters is 1. The molecule has 0 amide bonds. The van der Waals surface area contributed by atoms with Crippen molar-refractivity contribution in [3.05, 3.63) is 29.8 Å². The van der Waals surface area contributed by atoms with Crippen molar-refractivity contribution in [2.45, 2.75) is 76.1 Å². The summed E-state index contributed by atoms with van der Waals surface area (Å²) in [5.41, 5.74) is 0.620. The Labute approximate surface area is 170 Å². The molecule has 0 saturated carbocycles. The van der Waals surface area contributed by atoms with E-state index in [2.05, 4.69) is 22.9 Å². The topological polar surface area (TPSA) is 72.8 Å². The molecule has 0 aliphatic rings. The zero-order valence-corrected chi connectivity index (χ0v) is 17.9. The second-order valence-corrected chi connectivity index (χ2v) is 7.45. The van der Waals surface area contributed by atoms with Gasteiger partial charge in [-0.15, -0.1) is 0 Å². The molecule has 0 bridgehead atoms. The number of unbranched alkanes of at least 4 members (excludes halogenated alkanes) is 6. The van der Waals surface area contributed by atoms with Crippen molar-refractivity contribution in [1.82, 2.24) is 0 Å². The first-order valence-corrected chi connectivity index (χ1v) is 10.7. The van der Waals surface area contributed by atoms with Crippen LogP contribution in [0.15, 0.2) is 24.3 Å². The van der Waals surface area contributed by atoms with Gasteiger partial charge in [-0.3, -0.25) is 4.79 Å². The lowest BCUT2D eigenvalue weighted by atomic mass is 10.1. The second-order valence-electron chi connectivity index (χ2n) is 6.54. The van der Waals surface area contributed by atoms with E-state index in [0.29, 0.717) is 24.3 Å². The first kappa shape index (κ1) is 23.5. The predicted octanol–water partition coefficient (Wildman–Crippen LogP) is 5.66. The Bertz CT molecular complexity index is 558. The zero-order chi connectivity index (χ0) is 20.1. The summed E-state index contributed by atoms with van der Waals surface area (Å²) in [6.07, 6.45) is 8.16. The number of rotatable bonds is 14. The number of halogens is 1. The Morgan fingerprint density at radius 1 is 1.00 bits per heavy atom. The third-order valence-corrected chi connectivity index (χ3v) is 5.21. The summed E-state index contributed by atoms with van der Waals surface area (Å²) in [5.74, 6) is -0.770. The van der Waals surface area contributed by atoms with Crippen molar-refractivity contribution in [3.8, 4) is 5.75 Å². The van der Waals surface area contributed by atoms with Gasteiger partial charge in [0, 0.05) is 0 Å². The number of alkyl halides is 1. The van der Waals surface area contributed by atoms with E-state index in [0.717, 1.165) is 12.8 Å². The van der Waals surface area contributed by atoms with Gasteiger partial charge in [0.1, 0.15) is 10.6 Å². The summed E-state index contributed by atoms with van der Waals surface area (Å²) in [6, 6.07) is 6.73. The first-order valence-electron chi connectivity index (χ1n) is 9.79. The Morgan fingerprint density at radius 3 is 2.15 bits per heavy atom. The monoisotopic (exact) mass is 442 g/mol. The highest BCUT2D eigenvalue weighted by Crippen LogP contribution is 2.26. The number of hydrogen-bond acceptors (Lipinski definition) is 4. The highest BCUT2D eigenvalue weighted by atomic mass is 79.9. The third kappa shape index (κ3) is 9.27. The minimum Gasteiger partial charge on any atom is -0.480 e. The van der Waals surface area contributed by atoms with Crippen LogP contribution in [0.2, 0.25) is 0 Å². The van der Waals surface area contributed by atoms with Crippen LogP contribution in [0, 0.1) is 0 Å². The van der Waals surface area contributed by atoms with E-state index in [4.69, 9.17) is 14.6 Å². The van der Waals surface area contributed by atoms with Crippen molar-refractivity contribution in [3.63, 3.8) is 0 Å². The molecule has 2 unspecified atom stereocenters. The van der Waals surface area contributed by atoms with Gasteiger partial charge in [-0.2, -0.15) is 0 Å². The molecule has 0 radical (unpaired) electrons. The van der Waals surface area contributed by atoms with Crippen LogP contribution in [-0.4, -0.2) is 29.8 Å². The van der Waals surface area contributed by atoms with E-state index in [1.807, 2.05) is 0 Å². The molecule has 1 rings (SSSR count). The summed E-state index contributed by atoms with van der Waals surface area (Å²) in [6.45, 7) is 4.30. The Hall–Kier alpha value is -1.56. The Morgan fingerprint density at radius 2 is 1.59 bits per heavy atom. The quantitative estimate of drug-likeness (QED) is 0.228. The fourth-order valence-electron chi connectivity index (χ4n) is 2.77. The number of aliphatic carboxylic acids is 1. The molecular formula is C21H31BrO5. The van der Waals surface area contributed by atoms with Gasteiger partial charge in [-0.25, -0.2) is 4.79 Å². The van der Waals surface area contributed by atoms with Gasteiger partial charge in [0.05, 0.1) is 6.61 Å². The molecule has 0 fully saturated rings. The molecular weight excluding hydrogens is 412 g/mol. The van der Waals surface area contributed by atoms with E-state index in [-0.39, 0.29) is 5.97 Å². The molecule has 5 nitrogen and oxygen atoms in total. The molecule has 0 aliphatic carbocycles. The summed E-state index contributed by atoms with van der Waals surface area (Å²) in [7, 11) is 0. The van der Waals surface area contributed by atoms with Gasteiger partial charge < -0.3 is 14.6 Å². The summed E-state index contributed by atoms with van der Waals surface area (Å²) in [4.78, 5) is 22.4. The van der Waals surface area contributed by atoms with Gasteiger partial charge in [-0.05, 0) is 37.5 Å². The third-order valence-electron chi connectivity index (χ3n) is 4.29. The number of carboxylic acid groups (broad SMARTS) is 1. The maximum atomic E-state index is 12.2. The zero-order valence-electron chi connectivity index (χ0n) is 16.3. The largest absolute Gasteiger partial charge is 0.480 e. The average Bonchev–Trinajstić information content (AvgIpc) is 2.66. The number of carboxylic acids is 1. The molecule has 0 spiro atoms. The van der Waals surface area contributed by atoms with Crippen LogP contribution in [-0.2, 0) is 14.3 Å². The molecule has 1 aromatic rings. The van der Waals surface area contributed by atoms with Gasteiger partial charge in [-0.1, -0.05) is 73.5 Å². The number of ether oxygens (including phenoxy) is 2. The fourth-order valence-corrected chi connectivity index (χ4v) is 3.07. The van der Waals surface area contributed by atoms with Crippen LogP contribution in [0.25, 0.3) is 0 Å². The number of benzene rings is 1. The normalized spacial score (nSPS) is 13.0. The van der Waals surface area contributed by atoms with Crippen molar-refractivity contribution >= 4 is 27.9 Å². The molecule has 27 heavy (non-hydrogen) atoms. The van der Waals surface area contributed by atoms with Crippen LogP contribution >= 0.6 is 15.9 Å². The SMILES string of the molecule is CCCCCCCCCC(Oc1ccc(C(Br)C(=O)O)cc1)C(=O)OCC. The molecule has 6 heteroatoms. The summed E-state index contributed by atoms with van der Waals surface area (Å²) in [5, 5.41) is 9.03. The number of hydrogen-bond donors (Lipinski definition) is 1. The molecule has 1 aromatic carbocycles. The van der Waals surface area contributed by atoms with Gasteiger partial charge >= 0.3 is 11.9 Å². The van der Waals surface area contributed by atoms with Crippen LogP contribution in [0.4, 0.5) is 0 Å². The van der Waals surface area contributed by atoms with Crippen LogP contribution in [0.5, 0.6) is 5.75 Å². The van der Waals surface area contributed by atoms with Crippen LogP contribution < -0.4 is 4.74 Å². The van der Waals surface area contributed by atoms with E-state index in [1.54, 1.807) is 31.2 Å². The van der Waals surface area contributed by atoms with Crippen molar-refractivity contribution < 1.29 is 24.2 Å². The van der Waals surface area contributed by atoms with E-state index < -0.39 is 16.9 Å². The van der Waals surface area contributed by atoms with Crippen LogP contribution in [0.1, 0.15) is 75.6 Å². The summed E-state index contributed by atoms with van der Waals surface area (Å²) >= 11 is 3.12. The fraction of sp³-hybridized carbons (Fsp3) is 0.619. The smallest absolute Gasteiger partial charge is 0.347 e. The highest BCUT2D eigenvalue weighted by molar-refractivity contribution is 9.09. The Balaban J connectivity index is 2.56. The number of carbonyl (C=O) groups excluding carboxylic acids is 1. The predicted molar refractivity (Wildman–Crippen MR) is 109 cm³/mol. The lowest BCUT2D eigenvalue weighted by Crippen LogP contribution is -2.29. The molecule has 152 valence electrons. The maximum Gasteiger partial charge on any atom is 0.347 e. The Kier molecular flexibility index (Phi) is 11.8. The standard InChI is InChI=1S/C21H31BrO5/c1-3-5-6-7-8-9-10-11-18(21(25)26-4-2)27-17-14-12-16(13-15-17)19(22)20(23)24/h12-15,18-19H,3-11H2,1-2H3,(H,23,24). The summed E-state index contributed by atoms with van der Waals surface area (Å²) < 4.78 is 11.0. The number of carbonyl (C=O) groups is 2. The lowest BCUT2D eigenvalue weighted by Gasteiger charge is -2.18. The van der Waals surface area contributed by atoms with Gasteiger partial charge in [0.25, 0.3) is 0 Å². The molecule has 0 aliphatic heterocycles. The van der Waals surface area contributed by atoms with E-state index >= 15 is 0 Å². The second kappa shape index (κ2) is 13.6. The molecule has 0 heterocycles. The van der Waals surface area contributed by atoms with Crippen molar-refractivity contribution in [1.29, 1.82) is 0 Å². The average molecular weight is 443 g/mol. The van der Waals surface area contributed by atoms with Crippen molar-refractivity contribution in [2.24, 2.45) is 0 Å². The maximum absolute atomic E-state index is 12.2. The lowest BCUT2D eigenvalue weighted by molar-refractivity contribution is -0.151. The van der Waals surface area contributed by atoms with E-state index in [9.17, 15) is 9.59 Å².